The molecule has 0 saturated carbocycles. The van der Waals surface area contributed by atoms with Crippen LogP contribution in [0.25, 0.3) is 22.7 Å². The number of benzene rings is 2. The number of rotatable bonds is 9. The Kier molecular flexibility index (Phi) is 7.08. The number of hydrogen-bond acceptors (Lipinski definition) is 3. The largest absolute Gasteiger partial charge is 0.493 e. The molecule has 1 aromatic heterocycles. The van der Waals surface area contributed by atoms with Gasteiger partial charge in [0.1, 0.15) is 17.6 Å². The van der Waals surface area contributed by atoms with Crippen molar-refractivity contribution < 1.29 is 4.74 Å². The number of imidazole rings is 1. The molecule has 1 N–H and O–H groups in total. The maximum absolute atomic E-state index is 9.74. The summed E-state index contributed by atoms with van der Waals surface area (Å²) in [7, 11) is 0. The lowest BCUT2D eigenvalue weighted by molar-refractivity contribution is 0.304. The van der Waals surface area contributed by atoms with E-state index in [4.69, 9.17) is 4.74 Å². The first-order chi connectivity index (χ1) is 14.1. The third-order valence-corrected chi connectivity index (χ3v) is 5.20. The van der Waals surface area contributed by atoms with Crippen LogP contribution in [0.2, 0.25) is 0 Å². The monoisotopic (exact) mass is 387 g/mol. The van der Waals surface area contributed by atoms with E-state index in [0.717, 1.165) is 28.8 Å². The molecule has 0 saturated heterocycles. The second-order valence-corrected chi connectivity index (χ2v) is 7.51. The molecule has 0 aliphatic heterocycles. The minimum Gasteiger partial charge on any atom is -0.493 e. The second kappa shape index (κ2) is 9.93. The van der Waals surface area contributed by atoms with E-state index < -0.39 is 0 Å². The Hall–Kier alpha value is -3.06. The number of aryl methyl sites for hydroxylation is 2. The lowest BCUT2D eigenvalue weighted by Crippen LogP contribution is -1.99. The summed E-state index contributed by atoms with van der Waals surface area (Å²) >= 11 is 0. The number of H-pyrrole nitrogens is 1. The van der Waals surface area contributed by atoms with Gasteiger partial charge in [-0.2, -0.15) is 5.26 Å². The summed E-state index contributed by atoms with van der Waals surface area (Å²) < 4.78 is 6.00. The topological polar surface area (TPSA) is 61.7 Å². The van der Waals surface area contributed by atoms with Crippen LogP contribution < -0.4 is 4.74 Å². The summed E-state index contributed by atoms with van der Waals surface area (Å²) in [6, 6.07) is 14.3. The molecule has 4 heteroatoms. The number of fused-ring (bicyclic) bond motifs is 1. The van der Waals surface area contributed by atoms with Crippen LogP contribution in [0.5, 0.6) is 5.75 Å². The molecule has 0 spiro atoms. The van der Waals surface area contributed by atoms with E-state index in [2.05, 4.69) is 48.9 Å². The van der Waals surface area contributed by atoms with Crippen LogP contribution in [-0.4, -0.2) is 16.6 Å². The summed E-state index contributed by atoms with van der Waals surface area (Å²) in [4.78, 5) is 7.91. The van der Waals surface area contributed by atoms with Crippen molar-refractivity contribution in [3.05, 3.63) is 58.9 Å². The summed E-state index contributed by atoms with van der Waals surface area (Å²) in [5, 5.41) is 9.74. The molecule has 0 atom stereocenters. The van der Waals surface area contributed by atoms with E-state index in [0.29, 0.717) is 18.0 Å². The van der Waals surface area contributed by atoms with Gasteiger partial charge < -0.3 is 9.72 Å². The number of ether oxygens (including phenoxy) is 1. The third kappa shape index (κ3) is 5.26. The van der Waals surface area contributed by atoms with Gasteiger partial charge in [-0.15, -0.1) is 0 Å². The van der Waals surface area contributed by atoms with Crippen molar-refractivity contribution >= 4 is 22.7 Å². The Morgan fingerprint density at radius 1 is 1.10 bits per heavy atom. The van der Waals surface area contributed by atoms with Crippen molar-refractivity contribution in [2.24, 2.45) is 0 Å². The molecule has 29 heavy (non-hydrogen) atoms. The number of para-hydroxylation sites is 1. The van der Waals surface area contributed by atoms with Crippen molar-refractivity contribution in [2.45, 2.75) is 52.9 Å². The quantitative estimate of drug-likeness (QED) is 0.333. The second-order valence-electron chi connectivity index (χ2n) is 7.51. The summed E-state index contributed by atoms with van der Waals surface area (Å²) in [5.74, 6) is 1.39. The average Bonchev–Trinajstić information content (AvgIpc) is 3.12. The summed E-state index contributed by atoms with van der Waals surface area (Å²) in [6.07, 6.45) is 7.86. The van der Waals surface area contributed by atoms with Gasteiger partial charge in [0.25, 0.3) is 0 Å². The number of aromatic nitrogens is 2. The molecule has 0 fully saturated rings. The van der Waals surface area contributed by atoms with Gasteiger partial charge in [-0.05, 0) is 55.7 Å². The van der Waals surface area contributed by atoms with E-state index in [9.17, 15) is 5.26 Å². The highest BCUT2D eigenvalue weighted by atomic mass is 16.5. The number of nitrogens with one attached hydrogen (secondary N) is 1. The van der Waals surface area contributed by atoms with Crippen molar-refractivity contribution in [3.8, 4) is 11.8 Å². The van der Waals surface area contributed by atoms with Gasteiger partial charge in [-0.25, -0.2) is 4.98 Å². The predicted octanol–water partition coefficient (Wildman–Crippen LogP) is 6.59. The fraction of sp³-hybridized carbons (Fsp3) is 0.360. The van der Waals surface area contributed by atoms with Crippen LogP contribution in [0.4, 0.5) is 0 Å². The molecule has 0 aliphatic carbocycles. The van der Waals surface area contributed by atoms with Crippen LogP contribution in [0.1, 0.15) is 61.5 Å². The average molecular weight is 388 g/mol. The van der Waals surface area contributed by atoms with Gasteiger partial charge >= 0.3 is 0 Å². The molecule has 150 valence electrons. The number of nitriles is 1. The van der Waals surface area contributed by atoms with Crippen LogP contribution in [0.15, 0.2) is 36.4 Å². The molecule has 3 rings (SSSR count). The van der Waals surface area contributed by atoms with Crippen molar-refractivity contribution in [1.29, 1.82) is 5.26 Å². The molecule has 1 heterocycles. The smallest absolute Gasteiger partial charge is 0.149 e. The number of aromatic amines is 1. The number of unbranched alkanes of at least 4 members (excludes halogenated alkanes) is 4. The fourth-order valence-corrected chi connectivity index (χ4v) is 3.33. The normalized spacial score (nSPS) is 11.6. The van der Waals surface area contributed by atoms with E-state index >= 15 is 0 Å². The van der Waals surface area contributed by atoms with E-state index in [1.165, 1.54) is 36.8 Å². The van der Waals surface area contributed by atoms with Crippen LogP contribution in [0, 0.1) is 25.2 Å². The zero-order valence-corrected chi connectivity index (χ0v) is 17.6. The molecule has 0 amide bonds. The first-order valence-corrected chi connectivity index (χ1v) is 10.4. The van der Waals surface area contributed by atoms with Crippen molar-refractivity contribution in [2.75, 3.05) is 6.61 Å². The number of hydrogen-bond donors (Lipinski definition) is 1. The lowest BCUT2D eigenvalue weighted by atomic mass is 10.1. The van der Waals surface area contributed by atoms with Gasteiger partial charge in [0.15, 0.2) is 0 Å². The van der Waals surface area contributed by atoms with Crippen LogP contribution >= 0.6 is 0 Å². The molecule has 0 radical (unpaired) electrons. The molecule has 0 aliphatic rings. The van der Waals surface area contributed by atoms with E-state index in [-0.39, 0.29) is 0 Å². The minimum absolute atomic E-state index is 0.496. The van der Waals surface area contributed by atoms with Gasteiger partial charge in [0.2, 0.25) is 0 Å². The molecule has 0 unspecified atom stereocenters. The van der Waals surface area contributed by atoms with Gasteiger partial charge in [-0.1, -0.05) is 50.8 Å². The Bertz CT molecular complexity index is 1000. The summed E-state index contributed by atoms with van der Waals surface area (Å²) in [6.45, 7) is 7.06. The molecule has 3 aromatic rings. The highest BCUT2D eigenvalue weighted by Gasteiger charge is 2.11. The molecular weight excluding hydrogens is 358 g/mol. The number of allylic oxidation sites excluding steroid dienone is 1. The van der Waals surface area contributed by atoms with Crippen molar-refractivity contribution in [3.63, 3.8) is 0 Å². The maximum atomic E-state index is 9.74. The fourth-order valence-electron chi connectivity index (χ4n) is 3.33. The van der Waals surface area contributed by atoms with Gasteiger partial charge in [-0.3, -0.25) is 0 Å². The van der Waals surface area contributed by atoms with Crippen LogP contribution in [0.3, 0.4) is 0 Å². The lowest BCUT2D eigenvalue weighted by Gasteiger charge is -2.09. The first kappa shape index (κ1) is 20.7. The number of nitrogens with zero attached hydrogens (tertiary/aromatic N) is 2. The molecular formula is C25H29N3O. The first-order valence-electron chi connectivity index (χ1n) is 10.4. The highest BCUT2D eigenvalue weighted by molar-refractivity contribution is 5.91. The molecule has 0 bridgehead atoms. The zero-order valence-electron chi connectivity index (χ0n) is 17.6. The highest BCUT2D eigenvalue weighted by Crippen LogP contribution is 2.26. The predicted molar refractivity (Wildman–Crippen MR) is 120 cm³/mol. The SMILES string of the molecule is CCCCCCCOc1ccccc1/C=C(/C#N)c1nc2cc(C)c(C)cc2[nH]1. The van der Waals surface area contributed by atoms with E-state index in [1.807, 2.05) is 30.3 Å². The standard InChI is InChI=1S/C25H29N3O/c1-4-5-6-7-10-13-29-24-12-9-8-11-20(24)16-21(17-26)25-27-22-14-18(2)19(3)15-23(22)28-25/h8-9,11-12,14-16H,4-7,10,13H2,1-3H3,(H,27,28)/b21-16-. The minimum atomic E-state index is 0.496. The Balaban J connectivity index is 1.80. The Morgan fingerprint density at radius 2 is 1.86 bits per heavy atom. The van der Waals surface area contributed by atoms with E-state index in [1.54, 1.807) is 0 Å². The molecule has 4 nitrogen and oxygen atoms in total. The molecule has 2 aromatic carbocycles. The summed E-state index contributed by atoms with van der Waals surface area (Å²) in [5.41, 5.74) is 5.60. The maximum Gasteiger partial charge on any atom is 0.149 e. The zero-order chi connectivity index (χ0) is 20.6. The van der Waals surface area contributed by atoms with Crippen LogP contribution in [-0.2, 0) is 0 Å². The Morgan fingerprint density at radius 3 is 2.66 bits per heavy atom. The third-order valence-electron chi connectivity index (χ3n) is 5.20. The Labute approximate surface area is 173 Å². The van der Waals surface area contributed by atoms with Gasteiger partial charge in [0, 0.05) is 5.56 Å². The van der Waals surface area contributed by atoms with Crippen molar-refractivity contribution in [1.82, 2.24) is 9.97 Å². The van der Waals surface area contributed by atoms with Gasteiger partial charge in [0.05, 0.1) is 23.2 Å².